The Morgan fingerprint density at radius 3 is 2.51 bits per heavy atom. The van der Waals surface area contributed by atoms with E-state index in [1.54, 1.807) is 26.0 Å². The fourth-order valence-electron chi connectivity index (χ4n) is 4.79. The number of amides is 1. The fourth-order valence-corrected chi connectivity index (χ4v) is 7.15. The van der Waals surface area contributed by atoms with E-state index in [0.29, 0.717) is 16.8 Å². The van der Waals surface area contributed by atoms with Crippen LogP contribution in [0, 0.1) is 18.2 Å². The van der Waals surface area contributed by atoms with Crippen molar-refractivity contribution in [1.82, 2.24) is 4.90 Å². The summed E-state index contributed by atoms with van der Waals surface area (Å²) >= 11 is 0. The molecule has 0 fully saturated rings. The lowest BCUT2D eigenvalue weighted by atomic mass is 9.85. The first-order valence-electron chi connectivity index (χ1n) is 12.3. The zero-order chi connectivity index (χ0) is 28.9. The van der Waals surface area contributed by atoms with Crippen LogP contribution < -0.4 is 15.3 Å². The van der Waals surface area contributed by atoms with Crippen molar-refractivity contribution in [2.45, 2.75) is 47.2 Å². The quantitative estimate of drug-likeness (QED) is 0.413. The van der Waals surface area contributed by atoms with Gasteiger partial charge in [0.1, 0.15) is 17.1 Å². The predicted octanol–water partition coefficient (Wildman–Crippen LogP) is 4.45. The summed E-state index contributed by atoms with van der Waals surface area (Å²) in [7, 11) is -7.58. The molecule has 0 aromatic heterocycles. The van der Waals surface area contributed by atoms with Crippen LogP contribution in [-0.4, -0.2) is 49.1 Å². The van der Waals surface area contributed by atoms with E-state index in [2.05, 4.69) is 14.8 Å². The highest BCUT2D eigenvalue weighted by Crippen LogP contribution is 2.53. The first-order valence-corrected chi connectivity index (χ1v) is 15.7. The number of carbonyl (C=O) groups is 1. The van der Waals surface area contributed by atoms with Crippen LogP contribution >= 0.6 is 7.52 Å². The number of rotatable bonds is 7. The van der Waals surface area contributed by atoms with Gasteiger partial charge in [-0.3, -0.25) is 14.1 Å². The Morgan fingerprint density at radius 1 is 1.23 bits per heavy atom. The summed E-state index contributed by atoms with van der Waals surface area (Å²) in [6.07, 6.45) is 0.995. The maximum Gasteiger partial charge on any atom is 0.348 e. The van der Waals surface area contributed by atoms with E-state index in [1.807, 2.05) is 20.8 Å². The fraction of sp³-hybridized carbons (Fsp3) is 0.385. The molecule has 0 saturated carbocycles. The van der Waals surface area contributed by atoms with E-state index >= 15 is 0 Å². The highest BCUT2D eigenvalue weighted by atomic mass is 32.2. The summed E-state index contributed by atoms with van der Waals surface area (Å²) in [5.74, 6) is -1.25. The molecule has 2 heterocycles. The second kappa shape index (κ2) is 10.1. The Hall–Kier alpha value is -3.21. The molecule has 0 radical (unpaired) electrons. The number of carbonyl (C=O) groups excluding carboxylic acids is 1. The van der Waals surface area contributed by atoms with Crippen molar-refractivity contribution in [2.24, 2.45) is 10.2 Å². The molecule has 2 aliphatic rings. The van der Waals surface area contributed by atoms with Crippen molar-refractivity contribution in [3.8, 4) is 0 Å². The van der Waals surface area contributed by atoms with Crippen LogP contribution in [-0.2, 0) is 30.5 Å². The summed E-state index contributed by atoms with van der Waals surface area (Å²) in [5, 5.41) is 14.5. The minimum absolute atomic E-state index is 0.0247. The lowest BCUT2D eigenvalue weighted by molar-refractivity contribution is -0.129. The number of benzene rings is 2. The molecule has 0 aliphatic carbocycles. The van der Waals surface area contributed by atoms with Crippen molar-refractivity contribution >= 4 is 46.0 Å². The van der Waals surface area contributed by atoms with Crippen LogP contribution in [0.5, 0.6) is 0 Å². The molecule has 2 atom stereocenters. The number of sulfonamides is 1. The lowest BCUT2D eigenvalue weighted by Gasteiger charge is -2.35. The van der Waals surface area contributed by atoms with Gasteiger partial charge in [-0.2, -0.15) is 4.76 Å². The summed E-state index contributed by atoms with van der Waals surface area (Å²) in [5.41, 5.74) is 0.840. The summed E-state index contributed by atoms with van der Waals surface area (Å²) < 4.78 is 63.5. The molecule has 0 saturated heterocycles. The molecule has 1 unspecified atom stereocenters. The van der Waals surface area contributed by atoms with E-state index in [4.69, 9.17) is 4.52 Å². The Morgan fingerprint density at radius 2 is 1.92 bits per heavy atom. The molecule has 2 aromatic rings. The number of hydrogen-bond donors (Lipinski definition) is 3. The molecular formula is C26H32FN4O6PS. The molecule has 2 aromatic carbocycles. The standard InChI is InChI=1S/C26H32FN4O6PS/c1-7-37-38(34)20-13-17(30-39(6,35)36)9-11-19(20)28-24(29-38)21-22(32)23(26(3,4)5)31(25(21)33)14-16-8-10-18(27)15(2)12-16/h8-13,23,30,32H,7,14H2,1-6H3,(H,28,29,34)/t23-,38?/m1/s1. The van der Waals surface area contributed by atoms with Gasteiger partial charge >= 0.3 is 7.52 Å². The van der Waals surface area contributed by atoms with Crippen molar-refractivity contribution in [3.05, 3.63) is 64.7 Å². The Bertz CT molecular complexity index is 1560. The number of nitrogens with one attached hydrogen (secondary N) is 2. The highest BCUT2D eigenvalue weighted by Gasteiger charge is 2.48. The third-order valence-electron chi connectivity index (χ3n) is 6.33. The van der Waals surface area contributed by atoms with Crippen LogP contribution in [0.4, 0.5) is 15.8 Å². The van der Waals surface area contributed by atoms with E-state index in [9.17, 15) is 27.3 Å². The molecule has 0 spiro atoms. The minimum atomic E-state index is -3.98. The van der Waals surface area contributed by atoms with Gasteiger partial charge in [0, 0.05) is 12.2 Å². The molecular weight excluding hydrogens is 546 g/mol. The highest BCUT2D eigenvalue weighted by molar-refractivity contribution is 7.92. The van der Waals surface area contributed by atoms with Crippen LogP contribution in [0.2, 0.25) is 0 Å². The number of fused-ring (bicyclic) bond motifs is 1. The molecule has 39 heavy (non-hydrogen) atoms. The number of amidine groups is 1. The maximum atomic E-state index is 14.0. The summed E-state index contributed by atoms with van der Waals surface area (Å²) in [4.78, 5) is 15.3. The van der Waals surface area contributed by atoms with Crippen LogP contribution in [0.25, 0.3) is 0 Å². The first kappa shape index (κ1) is 28.8. The number of nitrogens with zero attached hydrogens (tertiary/aromatic N) is 2. The van der Waals surface area contributed by atoms with Gasteiger partial charge in [0.25, 0.3) is 5.91 Å². The largest absolute Gasteiger partial charge is 0.509 e. The third kappa shape index (κ3) is 5.73. The maximum absolute atomic E-state index is 14.0. The van der Waals surface area contributed by atoms with Gasteiger partial charge in [-0.1, -0.05) is 32.9 Å². The minimum Gasteiger partial charge on any atom is -0.509 e. The summed E-state index contributed by atoms with van der Waals surface area (Å²) in [6.45, 7) is 9.02. The number of aliphatic hydroxyl groups is 1. The molecule has 10 nitrogen and oxygen atoms in total. The predicted molar refractivity (Wildman–Crippen MR) is 149 cm³/mol. The molecule has 1 amide bonds. The molecule has 2 aliphatic heterocycles. The van der Waals surface area contributed by atoms with Gasteiger partial charge in [-0.05, 0) is 54.7 Å². The second-order valence-electron chi connectivity index (χ2n) is 10.7. The molecule has 4 rings (SSSR count). The van der Waals surface area contributed by atoms with Crippen LogP contribution in [0.3, 0.4) is 0 Å². The smallest absolute Gasteiger partial charge is 0.348 e. The van der Waals surface area contributed by atoms with E-state index in [-0.39, 0.29) is 47.1 Å². The van der Waals surface area contributed by atoms with Gasteiger partial charge < -0.3 is 19.8 Å². The monoisotopic (exact) mass is 578 g/mol. The number of anilines is 2. The lowest BCUT2D eigenvalue weighted by Crippen LogP contribution is -2.43. The first-order chi connectivity index (χ1) is 18.0. The van der Waals surface area contributed by atoms with Crippen LogP contribution in [0.1, 0.15) is 38.8 Å². The number of hydrogen-bond acceptors (Lipinski definition) is 7. The van der Waals surface area contributed by atoms with Crippen molar-refractivity contribution < 1.29 is 31.8 Å². The number of aryl methyl sites for hydroxylation is 1. The summed E-state index contributed by atoms with van der Waals surface area (Å²) in [6, 6.07) is 8.16. The SMILES string of the molecule is CCOP1(=O)N=C(C2=C(O)[C@H](C(C)(C)C)N(Cc3ccc(F)c(C)c3)C2=O)Nc2ccc(NS(C)(=O)=O)cc21. The number of aliphatic hydroxyl groups excluding tert-OH is 1. The van der Waals surface area contributed by atoms with Crippen molar-refractivity contribution in [2.75, 3.05) is 22.9 Å². The van der Waals surface area contributed by atoms with E-state index in [0.717, 1.165) is 6.26 Å². The normalized spacial score (nSPS) is 21.5. The molecule has 210 valence electrons. The van der Waals surface area contributed by atoms with Gasteiger partial charge in [-0.15, -0.1) is 0 Å². The zero-order valence-corrected chi connectivity index (χ0v) is 24.3. The van der Waals surface area contributed by atoms with E-state index in [1.165, 1.54) is 29.2 Å². The van der Waals surface area contributed by atoms with Crippen LogP contribution in [0.15, 0.2) is 52.5 Å². The van der Waals surface area contributed by atoms with Gasteiger partial charge in [0.2, 0.25) is 10.0 Å². The number of halogens is 1. The Labute approximate surface area is 227 Å². The second-order valence-corrected chi connectivity index (χ2v) is 14.4. The van der Waals surface area contributed by atoms with Gasteiger partial charge in [0.05, 0.1) is 29.9 Å². The molecule has 0 bridgehead atoms. The van der Waals surface area contributed by atoms with Crippen molar-refractivity contribution in [3.63, 3.8) is 0 Å². The van der Waals surface area contributed by atoms with Gasteiger partial charge in [-0.25, -0.2) is 12.8 Å². The zero-order valence-electron chi connectivity index (χ0n) is 22.6. The average Bonchev–Trinajstić information content (AvgIpc) is 3.05. The topological polar surface area (TPSA) is 137 Å². The Balaban J connectivity index is 1.79. The average molecular weight is 579 g/mol. The molecule has 3 N–H and O–H groups in total. The van der Waals surface area contributed by atoms with Gasteiger partial charge in [0.15, 0.2) is 5.84 Å². The molecule has 13 heteroatoms. The third-order valence-corrected chi connectivity index (χ3v) is 8.98. The van der Waals surface area contributed by atoms with E-state index < -0.39 is 34.9 Å². The Kier molecular flexibility index (Phi) is 7.44. The van der Waals surface area contributed by atoms with Crippen molar-refractivity contribution in [1.29, 1.82) is 0 Å².